The lowest BCUT2D eigenvalue weighted by molar-refractivity contribution is -0.346. The molecule has 0 saturated heterocycles. The summed E-state index contributed by atoms with van der Waals surface area (Å²) in [6.45, 7) is 0. The lowest BCUT2D eigenvalue weighted by Gasteiger charge is -2.26. The topological polar surface area (TPSA) is 26.3 Å². The maximum absolute atomic E-state index is 13.1. The Morgan fingerprint density at radius 2 is 1.57 bits per heavy atom. The van der Waals surface area contributed by atoms with E-state index in [1.165, 1.54) is 24.5 Å². The van der Waals surface area contributed by atoms with Crippen LogP contribution in [0.5, 0.6) is 5.75 Å². The second-order valence-corrected chi connectivity index (χ2v) is 4.53. The zero-order valence-electron chi connectivity index (χ0n) is 10.2. The Labute approximate surface area is 118 Å². The van der Waals surface area contributed by atoms with Crippen LogP contribution >= 0.6 is 11.8 Å². The molecule has 0 aliphatic carbocycles. The van der Waals surface area contributed by atoms with Crippen LogP contribution in [-0.4, -0.2) is 30.2 Å². The highest BCUT2D eigenvalue weighted by Crippen LogP contribution is 2.47. The molecule has 0 spiro atoms. The van der Waals surface area contributed by atoms with E-state index in [0.29, 0.717) is 0 Å². The van der Waals surface area contributed by atoms with Crippen LogP contribution in [0.25, 0.3) is 0 Å². The van der Waals surface area contributed by atoms with Gasteiger partial charge in [0, 0.05) is 4.90 Å². The third kappa shape index (κ3) is 3.25. The Morgan fingerprint density at radius 1 is 1.05 bits per heavy atom. The number of halogens is 7. The van der Waals surface area contributed by atoms with Crippen LogP contribution in [0.2, 0.25) is 0 Å². The summed E-state index contributed by atoms with van der Waals surface area (Å²) < 4.78 is 91.2. The average molecular weight is 336 g/mol. The van der Waals surface area contributed by atoms with E-state index in [0.717, 1.165) is 17.8 Å². The minimum absolute atomic E-state index is 0.122. The predicted molar refractivity (Wildman–Crippen MR) is 59.8 cm³/mol. The van der Waals surface area contributed by atoms with E-state index in [9.17, 15) is 35.5 Å². The zero-order valence-corrected chi connectivity index (χ0v) is 11.0. The molecule has 1 aromatic carbocycles. The molecule has 0 aromatic heterocycles. The monoisotopic (exact) mass is 336 g/mol. The number of rotatable bonds is 4. The van der Waals surface area contributed by atoms with E-state index in [1.54, 1.807) is 0 Å². The first-order valence-corrected chi connectivity index (χ1v) is 6.35. The van der Waals surface area contributed by atoms with Crippen molar-refractivity contribution < 1.29 is 40.3 Å². The van der Waals surface area contributed by atoms with Crippen molar-refractivity contribution in [1.82, 2.24) is 0 Å². The SMILES string of the molecule is CSc1ccccc1OC(=O)C(F)(F)C(F)(F)C(F)(F)F. The van der Waals surface area contributed by atoms with Crippen molar-refractivity contribution in [2.75, 3.05) is 6.26 Å². The number of esters is 1. The number of para-hydroxylation sites is 1. The number of hydrogen-bond donors (Lipinski definition) is 0. The molecule has 0 N–H and O–H groups in total. The highest BCUT2D eigenvalue weighted by Gasteiger charge is 2.77. The third-order valence-electron chi connectivity index (χ3n) is 2.28. The second kappa shape index (κ2) is 5.74. The van der Waals surface area contributed by atoms with Gasteiger partial charge in [-0.15, -0.1) is 11.8 Å². The minimum atomic E-state index is -6.59. The van der Waals surface area contributed by atoms with Crippen LogP contribution in [0.4, 0.5) is 30.7 Å². The van der Waals surface area contributed by atoms with E-state index in [-0.39, 0.29) is 4.90 Å². The van der Waals surface area contributed by atoms with Gasteiger partial charge in [-0.25, -0.2) is 4.79 Å². The first kappa shape index (κ1) is 17.6. The summed E-state index contributed by atoms with van der Waals surface area (Å²) in [5.41, 5.74) is 0. The van der Waals surface area contributed by atoms with Crippen molar-refractivity contribution in [2.45, 2.75) is 22.9 Å². The molecule has 21 heavy (non-hydrogen) atoms. The highest BCUT2D eigenvalue weighted by molar-refractivity contribution is 7.98. The molecule has 0 saturated carbocycles. The molecule has 1 aromatic rings. The minimum Gasteiger partial charge on any atom is -0.421 e. The van der Waals surface area contributed by atoms with Gasteiger partial charge >= 0.3 is 24.0 Å². The summed E-state index contributed by atoms with van der Waals surface area (Å²) >= 11 is 0.929. The van der Waals surface area contributed by atoms with Crippen LogP contribution in [0.3, 0.4) is 0 Å². The van der Waals surface area contributed by atoms with Crippen molar-refractivity contribution in [3.05, 3.63) is 24.3 Å². The van der Waals surface area contributed by atoms with E-state index in [4.69, 9.17) is 0 Å². The number of carbonyl (C=O) groups is 1. The number of hydrogen-bond acceptors (Lipinski definition) is 3. The highest BCUT2D eigenvalue weighted by atomic mass is 32.2. The van der Waals surface area contributed by atoms with Crippen molar-refractivity contribution in [1.29, 1.82) is 0 Å². The number of ether oxygens (including phenoxy) is 1. The standard InChI is InChI=1S/C11H7F7O2S/c1-21-7-5-3-2-4-6(7)20-8(19)9(12,13)10(14,15)11(16,17)18/h2-5H,1H3. The van der Waals surface area contributed by atoms with Gasteiger partial charge in [-0.1, -0.05) is 12.1 Å². The van der Waals surface area contributed by atoms with E-state index >= 15 is 0 Å². The molecule has 0 aliphatic heterocycles. The van der Waals surface area contributed by atoms with Gasteiger partial charge in [0.2, 0.25) is 0 Å². The van der Waals surface area contributed by atoms with E-state index in [1.807, 2.05) is 0 Å². The smallest absolute Gasteiger partial charge is 0.421 e. The van der Waals surface area contributed by atoms with Crippen LogP contribution in [0, 0.1) is 0 Å². The average Bonchev–Trinajstić information content (AvgIpc) is 2.37. The van der Waals surface area contributed by atoms with Gasteiger partial charge in [0.05, 0.1) is 0 Å². The molecule has 0 heterocycles. The van der Waals surface area contributed by atoms with Crippen LogP contribution in [0.15, 0.2) is 29.2 Å². The Morgan fingerprint density at radius 3 is 2.05 bits per heavy atom. The van der Waals surface area contributed by atoms with Crippen molar-refractivity contribution in [3.63, 3.8) is 0 Å². The Bertz CT molecular complexity index is 528. The normalized spacial score (nSPS) is 13.1. The molecule has 118 valence electrons. The molecule has 1 rings (SSSR count). The molecule has 0 fully saturated rings. The summed E-state index contributed by atoms with van der Waals surface area (Å²) in [6.07, 6.45) is -5.12. The fraction of sp³-hybridized carbons (Fsp3) is 0.364. The van der Waals surface area contributed by atoms with Gasteiger partial charge in [-0.2, -0.15) is 30.7 Å². The fourth-order valence-corrected chi connectivity index (χ4v) is 1.70. The van der Waals surface area contributed by atoms with E-state index in [2.05, 4.69) is 4.74 Å². The van der Waals surface area contributed by atoms with E-state index < -0.39 is 29.7 Å². The molecule has 0 bridgehead atoms. The lowest BCUT2D eigenvalue weighted by Crippen LogP contribution is -2.57. The van der Waals surface area contributed by atoms with Crippen molar-refractivity contribution in [2.24, 2.45) is 0 Å². The molecule has 0 unspecified atom stereocenters. The molecular formula is C11H7F7O2S. The molecule has 10 heteroatoms. The van der Waals surface area contributed by atoms with Crippen LogP contribution in [-0.2, 0) is 4.79 Å². The Hall–Kier alpha value is -1.45. The molecule has 0 aliphatic rings. The fourth-order valence-electron chi connectivity index (χ4n) is 1.17. The molecule has 0 atom stereocenters. The number of benzene rings is 1. The van der Waals surface area contributed by atoms with Gasteiger partial charge in [-0.3, -0.25) is 0 Å². The number of carbonyl (C=O) groups excluding carboxylic acids is 1. The summed E-state index contributed by atoms with van der Waals surface area (Å²) in [4.78, 5) is 11.2. The predicted octanol–water partition coefficient (Wildman–Crippen LogP) is 4.15. The Balaban J connectivity index is 3.08. The summed E-state index contributed by atoms with van der Waals surface area (Å²) in [7, 11) is 0. The van der Waals surface area contributed by atoms with Gasteiger partial charge in [-0.05, 0) is 18.4 Å². The Kier molecular flexibility index (Phi) is 4.81. The maximum atomic E-state index is 13.1. The molecular weight excluding hydrogens is 329 g/mol. The maximum Gasteiger partial charge on any atom is 0.460 e. The number of alkyl halides is 7. The second-order valence-electron chi connectivity index (χ2n) is 3.69. The lowest BCUT2D eigenvalue weighted by atomic mass is 10.1. The first-order valence-electron chi connectivity index (χ1n) is 5.12. The van der Waals surface area contributed by atoms with Gasteiger partial charge < -0.3 is 4.74 Å². The largest absolute Gasteiger partial charge is 0.460 e. The van der Waals surface area contributed by atoms with Crippen molar-refractivity contribution >= 4 is 17.7 Å². The zero-order chi connectivity index (χ0) is 16.5. The van der Waals surface area contributed by atoms with Gasteiger partial charge in [0.1, 0.15) is 5.75 Å². The molecule has 0 amide bonds. The summed E-state index contributed by atoms with van der Waals surface area (Å²) in [6, 6.07) is 4.98. The first-order chi connectivity index (χ1) is 9.45. The molecule has 2 nitrogen and oxygen atoms in total. The summed E-state index contributed by atoms with van der Waals surface area (Å²) in [5, 5.41) is 0. The van der Waals surface area contributed by atoms with Gasteiger partial charge in [0.15, 0.2) is 0 Å². The molecule has 0 radical (unpaired) electrons. The summed E-state index contributed by atoms with van der Waals surface area (Å²) in [5.74, 6) is -16.1. The third-order valence-corrected chi connectivity index (χ3v) is 3.06. The quantitative estimate of drug-likeness (QED) is 0.358. The van der Waals surface area contributed by atoms with Crippen LogP contribution in [0.1, 0.15) is 0 Å². The van der Waals surface area contributed by atoms with Crippen molar-refractivity contribution in [3.8, 4) is 5.75 Å². The van der Waals surface area contributed by atoms with Gasteiger partial charge in [0.25, 0.3) is 0 Å². The van der Waals surface area contributed by atoms with Crippen LogP contribution < -0.4 is 4.74 Å². The number of thioether (sulfide) groups is 1.